The second-order valence-corrected chi connectivity index (χ2v) is 8.14. The highest BCUT2D eigenvalue weighted by Gasteiger charge is 2.27. The maximum absolute atomic E-state index is 14.3. The van der Waals surface area contributed by atoms with E-state index in [4.69, 9.17) is 0 Å². The van der Waals surface area contributed by atoms with Crippen molar-refractivity contribution in [1.82, 2.24) is 30.2 Å². The fraction of sp³-hybridized carbons (Fsp3) is 0.250. The summed E-state index contributed by atoms with van der Waals surface area (Å²) in [5.74, 6) is -0.974. The van der Waals surface area contributed by atoms with Crippen molar-refractivity contribution in [3.8, 4) is 11.3 Å². The smallest absolute Gasteiger partial charge is 0.369 e. The van der Waals surface area contributed by atoms with Crippen LogP contribution >= 0.6 is 0 Å². The van der Waals surface area contributed by atoms with E-state index in [1.807, 2.05) is 13.0 Å². The number of amides is 1. The lowest BCUT2D eigenvalue weighted by Gasteiger charge is -2.17. The number of carbonyl (C=O) groups excluding carboxylic acids is 1. The Hall–Kier alpha value is -4.42. The molecule has 3 heterocycles. The number of hydrogen-bond acceptors (Lipinski definition) is 8. The van der Waals surface area contributed by atoms with Gasteiger partial charge < -0.3 is 16.0 Å². The fourth-order valence-corrected chi connectivity index (χ4v) is 3.69. The summed E-state index contributed by atoms with van der Waals surface area (Å²) >= 11 is 0. The van der Waals surface area contributed by atoms with Gasteiger partial charge in [0.25, 0.3) is 5.91 Å². The Kier molecular flexibility index (Phi) is 7.41. The van der Waals surface area contributed by atoms with E-state index in [1.54, 1.807) is 18.2 Å². The number of pyridine rings is 1. The number of rotatable bonds is 8. The molecule has 0 saturated carbocycles. The van der Waals surface area contributed by atoms with E-state index in [0.29, 0.717) is 34.5 Å². The van der Waals surface area contributed by atoms with Gasteiger partial charge in [-0.25, -0.2) is 24.3 Å². The van der Waals surface area contributed by atoms with Crippen molar-refractivity contribution in [2.75, 3.05) is 30.8 Å². The molecule has 37 heavy (non-hydrogen) atoms. The van der Waals surface area contributed by atoms with Gasteiger partial charge in [0, 0.05) is 48.9 Å². The summed E-state index contributed by atoms with van der Waals surface area (Å²) in [5.41, 5.74) is 2.26. The summed E-state index contributed by atoms with van der Waals surface area (Å²) in [5, 5.41) is 8.20. The third kappa shape index (κ3) is 6.05. The molecule has 0 fully saturated rings. The zero-order valence-electron chi connectivity index (χ0n) is 19.8. The largest absolute Gasteiger partial charge is 0.405 e. The number of halogens is 4. The topological polar surface area (TPSA) is 118 Å². The molecule has 0 bridgehead atoms. The first kappa shape index (κ1) is 25.7. The van der Waals surface area contributed by atoms with Crippen molar-refractivity contribution in [3.05, 3.63) is 66.1 Å². The van der Waals surface area contributed by atoms with Gasteiger partial charge in [0.2, 0.25) is 5.95 Å². The quantitative estimate of drug-likeness (QED) is 0.300. The Labute approximate surface area is 208 Å². The first-order chi connectivity index (χ1) is 17.7. The number of anilines is 2. The van der Waals surface area contributed by atoms with Crippen molar-refractivity contribution in [1.29, 1.82) is 0 Å². The maximum Gasteiger partial charge on any atom is 0.405 e. The van der Waals surface area contributed by atoms with Gasteiger partial charge in [-0.05, 0) is 5.56 Å². The van der Waals surface area contributed by atoms with Crippen LogP contribution in [0.25, 0.3) is 22.2 Å². The van der Waals surface area contributed by atoms with Crippen LogP contribution < -0.4 is 16.0 Å². The number of hydrogen-bond donors (Lipinski definition) is 3. The molecule has 192 valence electrons. The zero-order valence-corrected chi connectivity index (χ0v) is 19.8. The van der Waals surface area contributed by atoms with Crippen molar-refractivity contribution in [2.24, 2.45) is 0 Å². The van der Waals surface area contributed by atoms with Gasteiger partial charge in [0.05, 0.1) is 23.0 Å². The molecule has 3 N–H and O–H groups in total. The molecule has 0 aliphatic rings. The Balaban J connectivity index is 1.48. The highest BCUT2D eigenvalue weighted by Crippen LogP contribution is 2.28. The third-order valence-electron chi connectivity index (χ3n) is 5.52. The van der Waals surface area contributed by atoms with Gasteiger partial charge in [-0.2, -0.15) is 13.2 Å². The van der Waals surface area contributed by atoms with Crippen LogP contribution in [0.2, 0.25) is 0 Å². The number of alkyl halides is 3. The highest BCUT2D eigenvalue weighted by molar-refractivity contribution is 6.06. The number of benzene rings is 1. The first-order valence-electron chi connectivity index (χ1n) is 11.1. The lowest BCUT2D eigenvalue weighted by Crippen LogP contribution is -2.22. The molecule has 4 rings (SSSR count). The average Bonchev–Trinajstić information content (AvgIpc) is 2.89. The van der Waals surface area contributed by atoms with Crippen molar-refractivity contribution >= 4 is 28.6 Å². The number of aromatic nitrogens is 5. The molecule has 0 aliphatic heterocycles. The second-order valence-electron chi connectivity index (χ2n) is 8.14. The van der Waals surface area contributed by atoms with Crippen LogP contribution in [0.1, 0.15) is 28.8 Å². The van der Waals surface area contributed by atoms with E-state index in [0.717, 1.165) is 11.8 Å². The van der Waals surface area contributed by atoms with E-state index in [9.17, 15) is 22.4 Å². The van der Waals surface area contributed by atoms with Gasteiger partial charge in [-0.3, -0.25) is 9.78 Å². The average molecular weight is 514 g/mol. The third-order valence-corrected chi connectivity index (χ3v) is 5.52. The maximum atomic E-state index is 14.3. The van der Waals surface area contributed by atoms with Gasteiger partial charge in [0.1, 0.15) is 18.7 Å². The van der Waals surface area contributed by atoms with Crippen LogP contribution in [0.4, 0.5) is 29.3 Å². The summed E-state index contributed by atoms with van der Waals surface area (Å²) in [6, 6.07) is 6.93. The van der Waals surface area contributed by atoms with Crippen LogP contribution in [0.15, 0.2) is 49.2 Å². The van der Waals surface area contributed by atoms with Gasteiger partial charge in [-0.1, -0.05) is 25.1 Å². The lowest BCUT2D eigenvalue weighted by molar-refractivity contribution is -0.115. The summed E-state index contributed by atoms with van der Waals surface area (Å²) in [6.45, 7) is 1.15. The minimum absolute atomic E-state index is 0.0585. The van der Waals surface area contributed by atoms with Crippen molar-refractivity contribution < 1.29 is 22.4 Å². The number of carbonyl (C=O) groups is 1. The van der Waals surface area contributed by atoms with E-state index < -0.39 is 24.4 Å². The molecule has 13 heteroatoms. The van der Waals surface area contributed by atoms with Crippen LogP contribution in [-0.2, 0) is 0 Å². The van der Waals surface area contributed by atoms with Gasteiger partial charge >= 0.3 is 6.18 Å². The number of nitrogens with one attached hydrogen (secondary N) is 3. The molecule has 0 unspecified atom stereocenters. The van der Waals surface area contributed by atoms with E-state index in [1.165, 1.54) is 25.8 Å². The molecule has 3 aromatic heterocycles. The monoisotopic (exact) mass is 514 g/mol. The number of fused-ring (bicyclic) bond motifs is 1. The second kappa shape index (κ2) is 10.7. The summed E-state index contributed by atoms with van der Waals surface area (Å²) in [4.78, 5) is 32.6. The Morgan fingerprint density at radius 3 is 2.49 bits per heavy atom. The molecular formula is C24H22F4N8O. The van der Waals surface area contributed by atoms with Crippen LogP contribution in [0.3, 0.4) is 0 Å². The van der Waals surface area contributed by atoms with Gasteiger partial charge in [0.15, 0.2) is 5.82 Å². The molecule has 0 spiro atoms. The molecule has 1 aromatic carbocycles. The van der Waals surface area contributed by atoms with Crippen molar-refractivity contribution in [2.45, 2.75) is 19.0 Å². The first-order valence-corrected chi connectivity index (χ1v) is 11.1. The molecule has 9 nitrogen and oxygen atoms in total. The molecule has 1 atom stereocenters. The highest BCUT2D eigenvalue weighted by atomic mass is 19.4. The van der Waals surface area contributed by atoms with Gasteiger partial charge in [-0.15, -0.1) is 0 Å². The molecule has 4 aromatic rings. The fourth-order valence-electron chi connectivity index (χ4n) is 3.69. The minimum atomic E-state index is -4.38. The summed E-state index contributed by atoms with van der Waals surface area (Å²) < 4.78 is 51.4. The molecular weight excluding hydrogens is 492 g/mol. The Morgan fingerprint density at radius 1 is 1.03 bits per heavy atom. The van der Waals surface area contributed by atoms with Crippen LogP contribution in [-0.4, -0.2) is 57.1 Å². The number of para-hydroxylation sites is 1. The standard InChI is InChI=1S/C24H22F4N8O/c1-13(15-4-3-5-16-20(22(37)29-2)17(25)10-31-21(15)16)7-30-19-6-18(35-12-36-19)14-8-32-23(33-9-14)34-11-24(26,27)28/h3-6,8-10,12-13H,7,11H2,1-2H3,(H,29,37)(H,30,35,36)(H,32,33,34)/t13-/m1/s1. The van der Waals surface area contributed by atoms with Crippen molar-refractivity contribution in [3.63, 3.8) is 0 Å². The predicted molar refractivity (Wildman–Crippen MR) is 130 cm³/mol. The summed E-state index contributed by atoms with van der Waals surface area (Å²) in [6.07, 6.45) is 0.739. The molecule has 0 radical (unpaired) electrons. The number of nitrogens with zero attached hydrogens (tertiary/aromatic N) is 5. The van der Waals surface area contributed by atoms with Crippen LogP contribution in [0.5, 0.6) is 0 Å². The van der Waals surface area contributed by atoms with E-state index >= 15 is 0 Å². The van der Waals surface area contributed by atoms with E-state index in [2.05, 4.69) is 40.9 Å². The Bertz CT molecular complexity index is 1410. The predicted octanol–water partition coefficient (Wildman–Crippen LogP) is 4.17. The Morgan fingerprint density at radius 2 is 1.78 bits per heavy atom. The lowest BCUT2D eigenvalue weighted by atomic mass is 9.96. The van der Waals surface area contributed by atoms with Crippen LogP contribution in [0, 0.1) is 5.82 Å². The molecule has 1 amide bonds. The normalized spacial score (nSPS) is 12.3. The zero-order chi connectivity index (χ0) is 26.6. The van der Waals surface area contributed by atoms with E-state index in [-0.39, 0.29) is 17.4 Å². The molecule has 0 saturated heterocycles. The summed E-state index contributed by atoms with van der Waals surface area (Å²) in [7, 11) is 1.44. The molecule has 0 aliphatic carbocycles. The minimum Gasteiger partial charge on any atom is -0.369 e. The SMILES string of the molecule is CNC(=O)c1c(F)cnc2c([C@H](C)CNc3cc(-c4cnc(NCC(F)(F)F)nc4)ncn3)cccc12.